The van der Waals surface area contributed by atoms with Crippen molar-refractivity contribution in [2.45, 2.75) is 84.0 Å². The van der Waals surface area contributed by atoms with Gasteiger partial charge in [-0.2, -0.15) is 0 Å². The van der Waals surface area contributed by atoms with Gasteiger partial charge in [0.1, 0.15) is 0 Å². The van der Waals surface area contributed by atoms with Crippen LogP contribution in [0.25, 0.3) is 0 Å². The van der Waals surface area contributed by atoms with Gasteiger partial charge in [0, 0.05) is 6.42 Å². The lowest BCUT2D eigenvalue weighted by atomic mass is 10.0. The number of carbonyl (C=O) groups excluding carboxylic acids is 1. The Morgan fingerprint density at radius 2 is 1.16 bits per heavy atom. The minimum Gasteiger partial charge on any atom is -0.330 e. The molecule has 0 saturated heterocycles. The Hall–Kier alpha value is -0.630. The molecule has 0 saturated carbocycles. The van der Waals surface area contributed by atoms with Gasteiger partial charge in [-0.3, -0.25) is 4.79 Å². The number of hydrogen-bond acceptors (Lipinski definition) is 2. The first-order valence-electron chi connectivity index (χ1n) is 8.07. The van der Waals surface area contributed by atoms with Crippen molar-refractivity contribution in [3.63, 3.8) is 0 Å². The zero-order chi connectivity index (χ0) is 14.3. The first kappa shape index (κ1) is 18.4. The number of rotatable bonds is 14. The highest BCUT2D eigenvalue weighted by Crippen LogP contribution is 2.12. The van der Waals surface area contributed by atoms with Crippen molar-refractivity contribution in [2.75, 3.05) is 6.54 Å². The Labute approximate surface area is 119 Å². The lowest BCUT2D eigenvalue weighted by molar-refractivity contribution is -0.115. The number of allylic oxidation sites excluding steroid dienone is 1. The summed E-state index contributed by atoms with van der Waals surface area (Å²) >= 11 is 0. The van der Waals surface area contributed by atoms with Crippen molar-refractivity contribution in [3.8, 4) is 0 Å². The third-order valence-corrected chi connectivity index (χ3v) is 3.58. The van der Waals surface area contributed by atoms with Gasteiger partial charge < -0.3 is 5.73 Å². The van der Waals surface area contributed by atoms with Gasteiger partial charge in [-0.15, -0.1) is 0 Å². The van der Waals surface area contributed by atoms with Gasteiger partial charge in [0.15, 0.2) is 5.78 Å². The molecule has 0 aliphatic carbocycles. The Morgan fingerprint density at radius 1 is 0.789 bits per heavy atom. The van der Waals surface area contributed by atoms with E-state index in [-0.39, 0.29) is 5.78 Å². The molecule has 112 valence electrons. The summed E-state index contributed by atoms with van der Waals surface area (Å²) in [4.78, 5) is 11.3. The topological polar surface area (TPSA) is 43.1 Å². The molecule has 19 heavy (non-hydrogen) atoms. The zero-order valence-corrected chi connectivity index (χ0v) is 12.9. The fraction of sp³-hybridized carbons (Fsp3) is 0.824. The highest BCUT2D eigenvalue weighted by atomic mass is 16.1. The van der Waals surface area contributed by atoms with Gasteiger partial charge in [-0.25, -0.2) is 0 Å². The highest BCUT2D eigenvalue weighted by molar-refractivity contribution is 5.93. The molecule has 0 aromatic rings. The number of hydrogen-bond donors (Lipinski definition) is 1. The van der Waals surface area contributed by atoms with Crippen LogP contribution in [-0.4, -0.2) is 12.3 Å². The smallest absolute Gasteiger partial charge is 0.157 e. The van der Waals surface area contributed by atoms with E-state index in [1.807, 2.05) is 0 Å². The Kier molecular flexibility index (Phi) is 13.3. The number of carbonyl (C=O) groups is 1. The van der Waals surface area contributed by atoms with Gasteiger partial charge in [-0.1, -0.05) is 64.4 Å². The average molecular weight is 267 g/mol. The molecule has 0 aromatic heterocycles. The van der Waals surface area contributed by atoms with E-state index < -0.39 is 0 Å². The summed E-state index contributed by atoms with van der Waals surface area (Å²) in [5.74, 6) is 0.234. The summed E-state index contributed by atoms with van der Waals surface area (Å²) in [6.45, 7) is 6.32. The molecule has 0 spiro atoms. The second-order valence-corrected chi connectivity index (χ2v) is 5.63. The Morgan fingerprint density at radius 3 is 1.53 bits per heavy atom. The first-order valence-corrected chi connectivity index (χ1v) is 8.07. The molecule has 0 bridgehead atoms. The maximum atomic E-state index is 11.3. The van der Waals surface area contributed by atoms with E-state index in [0.29, 0.717) is 12.0 Å². The van der Waals surface area contributed by atoms with Crippen LogP contribution in [-0.2, 0) is 4.79 Å². The molecule has 0 heterocycles. The molecule has 0 fully saturated rings. The summed E-state index contributed by atoms with van der Waals surface area (Å²) in [5, 5.41) is 0. The van der Waals surface area contributed by atoms with Crippen molar-refractivity contribution in [3.05, 3.63) is 12.2 Å². The van der Waals surface area contributed by atoms with Gasteiger partial charge in [0.2, 0.25) is 0 Å². The van der Waals surface area contributed by atoms with Crippen molar-refractivity contribution >= 4 is 5.78 Å². The molecule has 0 atom stereocenters. The summed E-state index contributed by atoms with van der Waals surface area (Å²) in [6.07, 6.45) is 14.8. The van der Waals surface area contributed by atoms with Crippen LogP contribution in [0.15, 0.2) is 12.2 Å². The third kappa shape index (κ3) is 13.6. The molecule has 0 aromatic carbocycles. The molecule has 0 aliphatic heterocycles. The van der Waals surface area contributed by atoms with Crippen LogP contribution < -0.4 is 5.73 Å². The molecular formula is C17H33NO. The van der Waals surface area contributed by atoms with Gasteiger partial charge in [-0.05, 0) is 31.9 Å². The van der Waals surface area contributed by atoms with Crippen molar-refractivity contribution in [1.29, 1.82) is 0 Å². The van der Waals surface area contributed by atoms with Crippen LogP contribution >= 0.6 is 0 Å². The van der Waals surface area contributed by atoms with Gasteiger partial charge in [0.05, 0.1) is 0 Å². The quantitative estimate of drug-likeness (QED) is 0.364. The number of Topliss-reactive ketones (excluding diaryl/α,β-unsaturated/α-hetero) is 1. The average Bonchev–Trinajstić information content (AvgIpc) is 2.39. The molecule has 0 aliphatic rings. The van der Waals surface area contributed by atoms with Gasteiger partial charge in [0.25, 0.3) is 0 Å². The standard InChI is InChI=1S/C17H33NO/c1-16(2)17(19)14-12-10-8-6-4-3-5-7-9-11-13-15-18/h1,3-15,18H2,2H3. The van der Waals surface area contributed by atoms with Crippen LogP contribution in [0.4, 0.5) is 0 Å². The molecule has 2 nitrogen and oxygen atoms in total. The van der Waals surface area contributed by atoms with E-state index in [2.05, 4.69) is 6.58 Å². The van der Waals surface area contributed by atoms with E-state index in [0.717, 1.165) is 13.0 Å². The largest absolute Gasteiger partial charge is 0.330 e. The normalized spacial score (nSPS) is 10.6. The van der Waals surface area contributed by atoms with E-state index in [1.165, 1.54) is 64.2 Å². The lowest BCUT2D eigenvalue weighted by Gasteiger charge is -2.03. The van der Waals surface area contributed by atoms with E-state index >= 15 is 0 Å². The molecule has 2 heteroatoms. The van der Waals surface area contributed by atoms with Crippen molar-refractivity contribution in [2.24, 2.45) is 5.73 Å². The monoisotopic (exact) mass is 267 g/mol. The first-order chi connectivity index (χ1) is 9.18. The molecule has 0 amide bonds. The molecule has 2 N–H and O–H groups in total. The third-order valence-electron chi connectivity index (χ3n) is 3.58. The Balaban J connectivity index is 3.07. The summed E-state index contributed by atoms with van der Waals surface area (Å²) in [7, 11) is 0. The minimum atomic E-state index is 0.234. The van der Waals surface area contributed by atoms with E-state index in [1.54, 1.807) is 6.92 Å². The fourth-order valence-corrected chi connectivity index (χ4v) is 2.23. The molecule has 0 radical (unpaired) electrons. The van der Waals surface area contributed by atoms with Crippen LogP contribution in [0.3, 0.4) is 0 Å². The maximum Gasteiger partial charge on any atom is 0.157 e. The second kappa shape index (κ2) is 13.8. The molecule has 0 rings (SSSR count). The summed E-state index contributed by atoms with van der Waals surface area (Å²) in [6, 6.07) is 0. The number of nitrogens with two attached hydrogens (primary N) is 1. The highest BCUT2D eigenvalue weighted by Gasteiger charge is 2.01. The summed E-state index contributed by atoms with van der Waals surface area (Å²) < 4.78 is 0. The minimum absolute atomic E-state index is 0.234. The second-order valence-electron chi connectivity index (χ2n) is 5.63. The Bertz CT molecular complexity index is 235. The predicted molar refractivity (Wildman–Crippen MR) is 84.3 cm³/mol. The van der Waals surface area contributed by atoms with Crippen molar-refractivity contribution in [1.82, 2.24) is 0 Å². The van der Waals surface area contributed by atoms with E-state index in [9.17, 15) is 4.79 Å². The van der Waals surface area contributed by atoms with Crippen LogP contribution in [0.2, 0.25) is 0 Å². The van der Waals surface area contributed by atoms with Crippen LogP contribution in [0.5, 0.6) is 0 Å². The molecule has 0 unspecified atom stereocenters. The predicted octanol–water partition coefficient (Wildman–Crippen LogP) is 4.77. The zero-order valence-electron chi connectivity index (χ0n) is 12.9. The lowest BCUT2D eigenvalue weighted by Crippen LogP contribution is -1.97. The maximum absolute atomic E-state index is 11.3. The summed E-state index contributed by atoms with van der Waals surface area (Å²) in [5.41, 5.74) is 6.16. The van der Waals surface area contributed by atoms with E-state index in [4.69, 9.17) is 5.73 Å². The van der Waals surface area contributed by atoms with Crippen LogP contribution in [0.1, 0.15) is 84.0 Å². The van der Waals surface area contributed by atoms with Gasteiger partial charge >= 0.3 is 0 Å². The SMILES string of the molecule is C=C(C)C(=O)CCCCCCCCCCCCCN. The molecular weight excluding hydrogens is 234 g/mol. The van der Waals surface area contributed by atoms with Crippen LogP contribution in [0, 0.1) is 0 Å². The number of ketones is 1. The van der Waals surface area contributed by atoms with Crippen molar-refractivity contribution < 1.29 is 4.79 Å². The number of unbranched alkanes of at least 4 members (excludes halogenated alkanes) is 10. The fourth-order valence-electron chi connectivity index (χ4n) is 2.23.